The van der Waals surface area contributed by atoms with Gasteiger partial charge in [-0.15, -0.1) is 13.2 Å². The summed E-state index contributed by atoms with van der Waals surface area (Å²) in [6.07, 6.45) is -3.14. The van der Waals surface area contributed by atoms with Crippen LogP contribution in [0.15, 0.2) is 18.2 Å². The molecular formula is C14H19F3N2O2. The summed E-state index contributed by atoms with van der Waals surface area (Å²) in [5, 5.41) is 2.81. The zero-order valence-electron chi connectivity index (χ0n) is 12.2. The Balaban J connectivity index is 2.86. The van der Waals surface area contributed by atoms with E-state index in [9.17, 15) is 18.0 Å². The molecule has 1 amide bonds. The highest BCUT2D eigenvalue weighted by atomic mass is 19.4. The quantitative estimate of drug-likeness (QED) is 0.819. The zero-order valence-corrected chi connectivity index (χ0v) is 12.2. The molecule has 118 valence electrons. The van der Waals surface area contributed by atoms with E-state index in [-0.39, 0.29) is 11.3 Å². The molecule has 3 N–H and O–H groups in total. The van der Waals surface area contributed by atoms with Gasteiger partial charge in [0.15, 0.2) is 5.75 Å². The molecule has 1 aromatic carbocycles. The number of benzene rings is 1. The number of alkyl halides is 3. The Morgan fingerprint density at radius 1 is 1.33 bits per heavy atom. The third-order valence-corrected chi connectivity index (χ3v) is 2.82. The minimum absolute atomic E-state index is 0.186. The molecule has 0 unspecified atom stereocenters. The van der Waals surface area contributed by atoms with Crippen LogP contribution in [0.3, 0.4) is 0 Å². The number of carbonyl (C=O) groups is 1. The highest BCUT2D eigenvalue weighted by Crippen LogP contribution is 2.29. The number of nitrogens with two attached hydrogens (primary N) is 1. The molecule has 21 heavy (non-hydrogen) atoms. The Hall–Kier alpha value is -1.92. The fraction of sp³-hybridized carbons (Fsp3) is 0.500. The Kier molecular flexibility index (Phi) is 5.09. The van der Waals surface area contributed by atoms with Crippen LogP contribution in [0.5, 0.6) is 5.75 Å². The van der Waals surface area contributed by atoms with Crippen LogP contribution >= 0.6 is 0 Å². The minimum Gasteiger partial charge on any atom is -0.404 e. The summed E-state index contributed by atoms with van der Waals surface area (Å²) in [7, 11) is 0. The highest BCUT2D eigenvalue weighted by molar-refractivity contribution is 5.95. The molecular weight excluding hydrogens is 285 g/mol. The standard InChI is InChI=1S/C14H19F3N2O2/c1-4-7-13(2,3)19-12(20)9-5-6-11(10(18)8-9)21-14(15,16)17/h5-6,8H,4,7,18H2,1-3H3,(H,19,20). The average molecular weight is 304 g/mol. The van der Waals surface area contributed by atoms with Crippen molar-refractivity contribution in [3.05, 3.63) is 23.8 Å². The fourth-order valence-electron chi connectivity index (χ4n) is 1.97. The Labute approximate surface area is 121 Å². The van der Waals surface area contributed by atoms with Crippen molar-refractivity contribution in [2.75, 3.05) is 5.73 Å². The van der Waals surface area contributed by atoms with E-state index < -0.39 is 23.6 Å². The SMILES string of the molecule is CCCC(C)(C)NC(=O)c1ccc(OC(F)(F)F)c(N)c1. The van der Waals surface area contributed by atoms with Crippen LogP contribution in [-0.4, -0.2) is 17.8 Å². The van der Waals surface area contributed by atoms with Crippen LogP contribution in [0, 0.1) is 0 Å². The van der Waals surface area contributed by atoms with Crippen molar-refractivity contribution in [3.63, 3.8) is 0 Å². The summed E-state index contributed by atoms with van der Waals surface area (Å²) >= 11 is 0. The van der Waals surface area contributed by atoms with E-state index in [1.54, 1.807) is 0 Å². The van der Waals surface area contributed by atoms with Crippen LogP contribution in [0.25, 0.3) is 0 Å². The lowest BCUT2D eigenvalue weighted by atomic mass is 9.98. The Morgan fingerprint density at radius 3 is 2.43 bits per heavy atom. The number of rotatable bonds is 5. The average Bonchev–Trinajstić information content (AvgIpc) is 2.29. The van der Waals surface area contributed by atoms with Gasteiger partial charge in [-0.1, -0.05) is 13.3 Å². The van der Waals surface area contributed by atoms with E-state index >= 15 is 0 Å². The molecule has 0 aliphatic carbocycles. The topological polar surface area (TPSA) is 64.3 Å². The normalized spacial score (nSPS) is 12.1. The third-order valence-electron chi connectivity index (χ3n) is 2.82. The van der Waals surface area contributed by atoms with Gasteiger partial charge in [0.2, 0.25) is 0 Å². The molecule has 0 spiro atoms. The first-order valence-electron chi connectivity index (χ1n) is 6.52. The van der Waals surface area contributed by atoms with E-state index in [4.69, 9.17) is 5.73 Å². The number of anilines is 1. The van der Waals surface area contributed by atoms with Crippen molar-refractivity contribution in [3.8, 4) is 5.75 Å². The van der Waals surface area contributed by atoms with Crippen LogP contribution < -0.4 is 15.8 Å². The van der Waals surface area contributed by atoms with Crippen LogP contribution in [0.4, 0.5) is 18.9 Å². The summed E-state index contributed by atoms with van der Waals surface area (Å²) in [5.41, 5.74) is 5.03. The minimum atomic E-state index is -4.82. The molecule has 0 saturated heterocycles. The van der Waals surface area contributed by atoms with Crippen molar-refractivity contribution in [2.24, 2.45) is 0 Å². The molecule has 0 heterocycles. The monoisotopic (exact) mass is 304 g/mol. The molecule has 0 aliphatic heterocycles. The maximum absolute atomic E-state index is 12.1. The fourth-order valence-corrected chi connectivity index (χ4v) is 1.97. The van der Waals surface area contributed by atoms with E-state index in [1.165, 1.54) is 12.1 Å². The van der Waals surface area contributed by atoms with Crippen molar-refractivity contribution in [1.82, 2.24) is 5.32 Å². The zero-order chi connectivity index (χ0) is 16.3. The number of amides is 1. The van der Waals surface area contributed by atoms with Gasteiger partial charge in [-0.05, 0) is 38.5 Å². The number of carbonyl (C=O) groups excluding carboxylic acids is 1. The lowest BCUT2D eigenvalue weighted by Crippen LogP contribution is -2.43. The number of hydrogen-bond acceptors (Lipinski definition) is 3. The van der Waals surface area contributed by atoms with Gasteiger partial charge in [0.1, 0.15) is 0 Å². The van der Waals surface area contributed by atoms with Gasteiger partial charge in [0.05, 0.1) is 5.69 Å². The lowest BCUT2D eigenvalue weighted by Gasteiger charge is -2.26. The molecule has 0 bridgehead atoms. The maximum atomic E-state index is 12.1. The summed E-state index contributed by atoms with van der Waals surface area (Å²) in [5.74, 6) is -0.912. The molecule has 4 nitrogen and oxygen atoms in total. The lowest BCUT2D eigenvalue weighted by molar-refractivity contribution is -0.274. The van der Waals surface area contributed by atoms with Crippen molar-refractivity contribution >= 4 is 11.6 Å². The van der Waals surface area contributed by atoms with E-state index in [2.05, 4.69) is 10.1 Å². The molecule has 0 atom stereocenters. The van der Waals surface area contributed by atoms with E-state index in [1.807, 2.05) is 20.8 Å². The first kappa shape index (κ1) is 17.1. The van der Waals surface area contributed by atoms with Gasteiger partial charge in [-0.2, -0.15) is 0 Å². The number of ether oxygens (including phenoxy) is 1. The van der Waals surface area contributed by atoms with Crippen molar-refractivity contribution in [1.29, 1.82) is 0 Å². The molecule has 0 aromatic heterocycles. The molecule has 0 saturated carbocycles. The predicted octanol–water partition coefficient (Wildman–Crippen LogP) is 3.48. The second-order valence-corrected chi connectivity index (χ2v) is 5.39. The van der Waals surface area contributed by atoms with E-state index in [0.29, 0.717) is 0 Å². The molecule has 1 rings (SSSR count). The highest BCUT2D eigenvalue weighted by Gasteiger charge is 2.32. The smallest absolute Gasteiger partial charge is 0.404 e. The van der Waals surface area contributed by atoms with Crippen LogP contribution in [-0.2, 0) is 0 Å². The first-order chi connectivity index (χ1) is 9.54. The van der Waals surface area contributed by atoms with Gasteiger partial charge >= 0.3 is 6.36 Å². The second-order valence-electron chi connectivity index (χ2n) is 5.39. The number of nitrogen functional groups attached to an aromatic ring is 1. The van der Waals surface area contributed by atoms with Gasteiger partial charge in [-0.25, -0.2) is 0 Å². The van der Waals surface area contributed by atoms with Crippen LogP contribution in [0.2, 0.25) is 0 Å². The van der Waals surface area contributed by atoms with Crippen molar-refractivity contribution in [2.45, 2.75) is 45.5 Å². The number of hydrogen-bond donors (Lipinski definition) is 2. The molecule has 0 fully saturated rings. The summed E-state index contributed by atoms with van der Waals surface area (Å²) in [6, 6.07) is 3.44. The molecule has 0 radical (unpaired) electrons. The second kappa shape index (κ2) is 6.24. The van der Waals surface area contributed by atoms with Gasteiger partial charge in [-0.3, -0.25) is 4.79 Å². The summed E-state index contributed by atoms with van der Waals surface area (Å²) < 4.78 is 40.1. The van der Waals surface area contributed by atoms with Gasteiger partial charge < -0.3 is 15.8 Å². The van der Waals surface area contributed by atoms with Crippen LogP contribution in [0.1, 0.15) is 44.0 Å². The van der Waals surface area contributed by atoms with Crippen molar-refractivity contribution < 1.29 is 22.7 Å². The Morgan fingerprint density at radius 2 is 1.95 bits per heavy atom. The number of halogens is 3. The first-order valence-corrected chi connectivity index (χ1v) is 6.52. The molecule has 1 aromatic rings. The van der Waals surface area contributed by atoms with Gasteiger partial charge in [0.25, 0.3) is 5.91 Å². The largest absolute Gasteiger partial charge is 0.573 e. The molecule has 0 aliphatic rings. The maximum Gasteiger partial charge on any atom is 0.573 e. The number of nitrogens with one attached hydrogen (secondary N) is 1. The Bertz CT molecular complexity index is 513. The van der Waals surface area contributed by atoms with Gasteiger partial charge in [0, 0.05) is 11.1 Å². The summed E-state index contributed by atoms with van der Waals surface area (Å²) in [4.78, 5) is 12.1. The third kappa shape index (κ3) is 5.53. The molecule has 7 heteroatoms. The predicted molar refractivity (Wildman–Crippen MR) is 74.0 cm³/mol. The summed E-state index contributed by atoms with van der Waals surface area (Å²) in [6.45, 7) is 5.74. The van der Waals surface area contributed by atoms with E-state index in [0.717, 1.165) is 18.9 Å².